The van der Waals surface area contributed by atoms with Crippen LogP contribution in [0.25, 0.3) is 0 Å². The van der Waals surface area contributed by atoms with Gasteiger partial charge in [-0.05, 0) is 38.3 Å². The summed E-state index contributed by atoms with van der Waals surface area (Å²) in [5.74, 6) is 0.738. The van der Waals surface area contributed by atoms with Crippen LogP contribution in [0.4, 0.5) is 0 Å². The largest absolute Gasteiger partial charge is 0.345 e. The molecule has 1 N–H and O–H groups in total. The first-order valence-corrected chi connectivity index (χ1v) is 8.53. The lowest BCUT2D eigenvalue weighted by atomic mass is 10.2. The molecule has 0 aliphatic carbocycles. The lowest BCUT2D eigenvalue weighted by Crippen LogP contribution is -2.31. The lowest BCUT2D eigenvalue weighted by Gasteiger charge is -2.23. The fourth-order valence-electron chi connectivity index (χ4n) is 2.88. The molecule has 1 aliphatic heterocycles. The number of H-pyrrole nitrogens is 1. The van der Waals surface area contributed by atoms with Crippen LogP contribution >= 0.6 is 0 Å². The number of aryl methyl sites for hydroxylation is 2. The van der Waals surface area contributed by atoms with Crippen LogP contribution in [0.5, 0.6) is 0 Å². The highest BCUT2D eigenvalue weighted by Crippen LogP contribution is 2.35. The van der Waals surface area contributed by atoms with Crippen LogP contribution < -0.4 is 0 Å². The molecule has 112 valence electrons. The van der Waals surface area contributed by atoms with Crippen molar-refractivity contribution in [3.63, 3.8) is 0 Å². The van der Waals surface area contributed by atoms with Gasteiger partial charge in [0.05, 0.1) is 10.9 Å². The molecule has 1 saturated heterocycles. The number of hydrogen-bond donors (Lipinski definition) is 1. The van der Waals surface area contributed by atoms with Gasteiger partial charge in [0.15, 0.2) is 0 Å². The minimum atomic E-state index is -3.48. The quantitative estimate of drug-likeness (QED) is 0.947. The summed E-state index contributed by atoms with van der Waals surface area (Å²) < 4.78 is 27.4. The highest BCUT2D eigenvalue weighted by atomic mass is 32.2. The van der Waals surface area contributed by atoms with E-state index in [0.29, 0.717) is 11.4 Å². The summed E-state index contributed by atoms with van der Waals surface area (Å²) in [6.45, 7) is 4.29. The van der Waals surface area contributed by atoms with E-state index in [1.165, 1.54) is 0 Å². The number of nitrogens with one attached hydrogen (secondary N) is 1. The summed E-state index contributed by atoms with van der Waals surface area (Å²) in [6.07, 6.45) is 3.40. The number of rotatable bonds is 3. The van der Waals surface area contributed by atoms with E-state index in [2.05, 4.69) is 9.97 Å². The molecule has 5 nitrogen and oxygen atoms in total. The van der Waals surface area contributed by atoms with Gasteiger partial charge in [-0.3, -0.25) is 0 Å². The van der Waals surface area contributed by atoms with Crippen LogP contribution in [0, 0.1) is 13.8 Å². The third-order valence-corrected chi connectivity index (χ3v) is 5.99. The molecule has 1 fully saturated rings. The first kappa shape index (κ1) is 14.3. The van der Waals surface area contributed by atoms with E-state index in [-0.39, 0.29) is 6.04 Å². The molecule has 3 rings (SSSR count). The van der Waals surface area contributed by atoms with Crippen LogP contribution in [0.3, 0.4) is 0 Å². The van der Waals surface area contributed by atoms with E-state index in [0.717, 1.165) is 29.9 Å². The third kappa shape index (κ3) is 2.49. The maximum atomic E-state index is 12.9. The van der Waals surface area contributed by atoms with Crippen LogP contribution in [0.1, 0.15) is 36.0 Å². The van der Waals surface area contributed by atoms with E-state index >= 15 is 0 Å². The van der Waals surface area contributed by atoms with Gasteiger partial charge < -0.3 is 4.98 Å². The Hall–Kier alpha value is -1.66. The van der Waals surface area contributed by atoms with Crippen molar-refractivity contribution in [2.45, 2.75) is 37.6 Å². The van der Waals surface area contributed by atoms with Gasteiger partial charge in [0.2, 0.25) is 10.0 Å². The number of aromatic nitrogens is 2. The normalized spacial score (nSPS) is 20.0. The summed E-state index contributed by atoms with van der Waals surface area (Å²) in [5, 5.41) is 0. The number of benzene rings is 1. The molecule has 0 unspecified atom stereocenters. The Morgan fingerprint density at radius 1 is 1.29 bits per heavy atom. The van der Waals surface area contributed by atoms with Crippen molar-refractivity contribution in [1.29, 1.82) is 0 Å². The van der Waals surface area contributed by atoms with Gasteiger partial charge in [0.25, 0.3) is 0 Å². The van der Waals surface area contributed by atoms with Crippen molar-refractivity contribution in [2.24, 2.45) is 0 Å². The summed E-state index contributed by atoms with van der Waals surface area (Å²) in [7, 11) is -3.48. The molecule has 0 spiro atoms. The molecule has 2 aromatic rings. The average molecular weight is 305 g/mol. The zero-order chi connectivity index (χ0) is 15.0. The second-order valence-corrected chi connectivity index (χ2v) is 7.35. The van der Waals surface area contributed by atoms with Crippen molar-refractivity contribution < 1.29 is 8.42 Å². The van der Waals surface area contributed by atoms with Crippen LogP contribution in [-0.4, -0.2) is 29.2 Å². The molecular formula is C15H19N3O2S. The van der Waals surface area contributed by atoms with Crippen molar-refractivity contribution in [1.82, 2.24) is 14.3 Å². The Morgan fingerprint density at radius 3 is 2.71 bits per heavy atom. The van der Waals surface area contributed by atoms with Crippen LogP contribution in [-0.2, 0) is 10.0 Å². The number of imidazole rings is 1. The van der Waals surface area contributed by atoms with Crippen molar-refractivity contribution in [3.8, 4) is 0 Å². The first-order chi connectivity index (χ1) is 10.00. The van der Waals surface area contributed by atoms with Gasteiger partial charge in [-0.15, -0.1) is 0 Å². The Bertz CT molecular complexity index is 752. The number of nitrogens with zero attached hydrogens (tertiary/aromatic N) is 2. The maximum Gasteiger partial charge on any atom is 0.243 e. The Kier molecular flexibility index (Phi) is 3.59. The predicted molar refractivity (Wildman–Crippen MR) is 80.4 cm³/mol. The molecule has 21 heavy (non-hydrogen) atoms. The highest BCUT2D eigenvalue weighted by molar-refractivity contribution is 7.89. The monoisotopic (exact) mass is 305 g/mol. The average Bonchev–Trinajstić information content (AvgIpc) is 3.07. The summed E-state index contributed by atoms with van der Waals surface area (Å²) >= 11 is 0. The minimum absolute atomic E-state index is 0.191. The first-order valence-electron chi connectivity index (χ1n) is 7.09. The van der Waals surface area contributed by atoms with Gasteiger partial charge in [0.1, 0.15) is 5.82 Å². The molecule has 1 aromatic heterocycles. The van der Waals surface area contributed by atoms with E-state index in [9.17, 15) is 8.42 Å². The molecule has 0 saturated carbocycles. The van der Waals surface area contributed by atoms with Crippen molar-refractivity contribution >= 4 is 10.0 Å². The molecular weight excluding hydrogens is 286 g/mol. The zero-order valence-corrected chi connectivity index (χ0v) is 13.0. The van der Waals surface area contributed by atoms with Gasteiger partial charge >= 0.3 is 0 Å². The fourth-order valence-corrected chi connectivity index (χ4v) is 4.76. The second kappa shape index (κ2) is 5.27. The van der Waals surface area contributed by atoms with Crippen LogP contribution in [0.2, 0.25) is 0 Å². The maximum absolute atomic E-state index is 12.9. The molecule has 1 aromatic carbocycles. The molecule has 2 heterocycles. The standard InChI is InChI=1S/C15H19N3O2S/c1-11-6-3-4-8-14(11)21(19,20)18-9-5-7-13(18)15-16-10-12(2)17-15/h3-4,6,8,10,13H,5,7,9H2,1-2H3,(H,16,17)/t13-/m0/s1. The molecule has 0 bridgehead atoms. The smallest absolute Gasteiger partial charge is 0.243 e. The molecule has 1 aliphatic rings. The van der Waals surface area contributed by atoms with Gasteiger partial charge in [0, 0.05) is 18.4 Å². The van der Waals surface area contributed by atoms with E-state index in [1.54, 1.807) is 22.6 Å². The molecule has 1 atom stereocenters. The van der Waals surface area contributed by atoms with Crippen molar-refractivity contribution in [3.05, 3.63) is 47.5 Å². The minimum Gasteiger partial charge on any atom is -0.345 e. The second-order valence-electron chi connectivity index (χ2n) is 5.49. The van der Waals surface area contributed by atoms with E-state index in [4.69, 9.17) is 0 Å². The number of sulfonamides is 1. The molecule has 0 amide bonds. The van der Waals surface area contributed by atoms with Gasteiger partial charge in [-0.1, -0.05) is 18.2 Å². The predicted octanol–water partition coefficient (Wildman–Crippen LogP) is 2.55. The summed E-state index contributed by atoms with van der Waals surface area (Å²) in [6, 6.07) is 6.93. The van der Waals surface area contributed by atoms with E-state index < -0.39 is 10.0 Å². The summed E-state index contributed by atoms with van der Waals surface area (Å²) in [5.41, 5.74) is 1.73. The summed E-state index contributed by atoms with van der Waals surface area (Å²) in [4.78, 5) is 7.87. The van der Waals surface area contributed by atoms with E-state index in [1.807, 2.05) is 26.0 Å². The third-order valence-electron chi connectivity index (χ3n) is 3.92. The van der Waals surface area contributed by atoms with Gasteiger partial charge in [-0.2, -0.15) is 4.31 Å². The SMILES string of the molecule is Cc1cnc([C@@H]2CCCN2S(=O)(=O)c2ccccc2C)[nH]1. The van der Waals surface area contributed by atoms with Crippen molar-refractivity contribution in [2.75, 3.05) is 6.54 Å². The lowest BCUT2D eigenvalue weighted by molar-refractivity contribution is 0.384. The topological polar surface area (TPSA) is 66.1 Å². The highest BCUT2D eigenvalue weighted by Gasteiger charge is 2.38. The number of hydrogen-bond acceptors (Lipinski definition) is 3. The Labute approximate surface area is 125 Å². The molecule has 0 radical (unpaired) electrons. The zero-order valence-electron chi connectivity index (χ0n) is 12.2. The van der Waals surface area contributed by atoms with Crippen LogP contribution in [0.15, 0.2) is 35.4 Å². The Morgan fingerprint density at radius 2 is 2.05 bits per heavy atom. The Balaban J connectivity index is 2.00. The fraction of sp³-hybridized carbons (Fsp3) is 0.400. The van der Waals surface area contributed by atoms with Gasteiger partial charge in [-0.25, -0.2) is 13.4 Å². The molecule has 6 heteroatoms. The number of aromatic amines is 1.